The van der Waals surface area contributed by atoms with Crippen LogP contribution in [0, 0.1) is 10.1 Å². The minimum Gasteiger partial charge on any atom is -0.448 e. The first-order valence-corrected chi connectivity index (χ1v) is 4.51. The van der Waals surface area contributed by atoms with Crippen molar-refractivity contribution in [3.63, 3.8) is 0 Å². The predicted molar refractivity (Wildman–Crippen MR) is 50.5 cm³/mol. The van der Waals surface area contributed by atoms with Crippen LogP contribution in [0.3, 0.4) is 0 Å². The van der Waals surface area contributed by atoms with Crippen LogP contribution >= 0.6 is 0 Å². The molecular formula is C8H11N3O4. The Morgan fingerprint density at radius 3 is 3.00 bits per heavy atom. The number of hydrogen-bond donors (Lipinski definition) is 0. The molecule has 82 valence electrons. The van der Waals surface area contributed by atoms with Gasteiger partial charge in [-0.25, -0.2) is 4.79 Å². The van der Waals surface area contributed by atoms with Gasteiger partial charge >= 0.3 is 11.8 Å². The molecule has 0 saturated carbocycles. The van der Waals surface area contributed by atoms with E-state index in [2.05, 4.69) is 5.10 Å². The number of unbranched alkanes of at least 4 members (excludes halogenated alkanes) is 1. The molecule has 0 amide bonds. The Morgan fingerprint density at radius 1 is 1.73 bits per heavy atom. The summed E-state index contributed by atoms with van der Waals surface area (Å²) in [5.41, 5.74) is -0.234. The first kappa shape index (κ1) is 11.2. The van der Waals surface area contributed by atoms with Crippen molar-refractivity contribution in [3.05, 3.63) is 22.5 Å². The Labute approximate surface area is 85.8 Å². The smallest absolute Gasteiger partial charge is 0.434 e. The maximum absolute atomic E-state index is 11.2. The van der Waals surface area contributed by atoms with Crippen molar-refractivity contribution in [2.24, 2.45) is 0 Å². The lowest BCUT2D eigenvalue weighted by molar-refractivity contribution is -0.384. The summed E-state index contributed by atoms with van der Waals surface area (Å²) < 4.78 is 5.61. The summed E-state index contributed by atoms with van der Waals surface area (Å²) in [6.07, 6.45) is 2.99. The number of carbonyl (C=O) groups excluding carboxylic acids is 1. The van der Waals surface area contributed by atoms with Crippen LogP contribution in [-0.4, -0.2) is 27.4 Å². The molecule has 0 aromatic carbocycles. The van der Waals surface area contributed by atoms with Gasteiger partial charge in [-0.05, 0) is 6.42 Å². The average Bonchev–Trinajstić information content (AvgIpc) is 2.66. The van der Waals surface area contributed by atoms with Gasteiger partial charge in [0.15, 0.2) is 0 Å². The summed E-state index contributed by atoms with van der Waals surface area (Å²) in [4.78, 5) is 20.9. The number of rotatable bonds is 4. The lowest BCUT2D eigenvalue weighted by Gasteiger charge is -2.01. The summed E-state index contributed by atoms with van der Waals surface area (Å²) in [5, 5.41) is 13.8. The van der Waals surface area contributed by atoms with E-state index < -0.39 is 11.0 Å². The fraction of sp³-hybridized carbons (Fsp3) is 0.500. The molecule has 0 aliphatic rings. The van der Waals surface area contributed by atoms with Gasteiger partial charge in [0.1, 0.15) is 12.4 Å². The molecule has 0 aliphatic carbocycles. The van der Waals surface area contributed by atoms with Crippen molar-refractivity contribution in [1.82, 2.24) is 9.78 Å². The molecular weight excluding hydrogens is 202 g/mol. The van der Waals surface area contributed by atoms with E-state index in [-0.39, 0.29) is 5.69 Å². The van der Waals surface area contributed by atoms with Crippen LogP contribution in [0.25, 0.3) is 0 Å². The zero-order valence-electron chi connectivity index (χ0n) is 8.25. The van der Waals surface area contributed by atoms with Crippen LogP contribution in [0.4, 0.5) is 10.5 Å². The highest BCUT2D eigenvalue weighted by Crippen LogP contribution is 2.07. The first-order chi connectivity index (χ1) is 7.15. The van der Waals surface area contributed by atoms with Gasteiger partial charge in [0.05, 0.1) is 11.5 Å². The molecule has 1 rings (SSSR count). The second-order valence-electron chi connectivity index (χ2n) is 2.87. The van der Waals surface area contributed by atoms with E-state index in [0.717, 1.165) is 29.9 Å². The highest BCUT2D eigenvalue weighted by molar-refractivity contribution is 5.69. The first-order valence-electron chi connectivity index (χ1n) is 4.51. The van der Waals surface area contributed by atoms with Crippen LogP contribution in [-0.2, 0) is 4.74 Å². The second-order valence-corrected chi connectivity index (χ2v) is 2.87. The maximum atomic E-state index is 11.2. The number of hydrogen-bond acceptors (Lipinski definition) is 5. The van der Waals surface area contributed by atoms with Crippen molar-refractivity contribution >= 4 is 11.8 Å². The second kappa shape index (κ2) is 5.08. The van der Waals surface area contributed by atoms with Gasteiger partial charge in [-0.3, -0.25) is 10.1 Å². The molecule has 1 aromatic heterocycles. The van der Waals surface area contributed by atoms with E-state index in [1.807, 2.05) is 6.92 Å². The van der Waals surface area contributed by atoms with Gasteiger partial charge in [-0.2, -0.15) is 9.78 Å². The number of nitrogens with zero attached hydrogens (tertiary/aromatic N) is 3. The third-order valence-electron chi connectivity index (χ3n) is 1.69. The third-order valence-corrected chi connectivity index (χ3v) is 1.69. The summed E-state index contributed by atoms with van der Waals surface area (Å²) >= 11 is 0. The van der Waals surface area contributed by atoms with Gasteiger partial charge in [-0.1, -0.05) is 13.3 Å². The molecule has 0 saturated heterocycles. The van der Waals surface area contributed by atoms with Crippen LogP contribution in [0.5, 0.6) is 0 Å². The molecule has 0 radical (unpaired) electrons. The molecule has 7 nitrogen and oxygen atoms in total. The van der Waals surface area contributed by atoms with Gasteiger partial charge in [0.2, 0.25) is 0 Å². The van der Waals surface area contributed by atoms with Gasteiger partial charge in [0, 0.05) is 0 Å². The molecule has 15 heavy (non-hydrogen) atoms. The quantitative estimate of drug-likeness (QED) is 0.430. The Hall–Kier alpha value is -1.92. The van der Waals surface area contributed by atoms with Crippen molar-refractivity contribution in [2.45, 2.75) is 19.8 Å². The maximum Gasteiger partial charge on any atom is 0.434 e. The highest BCUT2D eigenvalue weighted by atomic mass is 16.6. The fourth-order valence-corrected chi connectivity index (χ4v) is 0.877. The number of nitro groups is 1. The van der Waals surface area contributed by atoms with Crippen LogP contribution in [0.15, 0.2) is 12.4 Å². The monoisotopic (exact) mass is 213 g/mol. The van der Waals surface area contributed by atoms with Crippen LogP contribution in [0.1, 0.15) is 19.8 Å². The van der Waals surface area contributed by atoms with E-state index in [4.69, 9.17) is 4.74 Å². The Morgan fingerprint density at radius 2 is 2.47 bits per heavy atom. The van der Waals surface area contributed by atoms with Gasteiger partial charge < -0.3 is 4.74 Å². The molecule has 0 unspecified atom stereocenters. The van der Waals surface area contributed by atoms with E-state index >= 15 is 0 Å². The van der Waals surface area contributed by atoms with E-state index in [9.17, 15) is 14.9 Å². The van der Waals surface area contributed by atoms with Crippen molar-refractivity contribution in [3.8, 4) is 0 Å². The lowest BCUT2D eigenvalue weighted by atomic mass is 10.4. The lowest BCUT2D eigenvalue weighted by Crippen LogP contribution is -2.14. The topological polar surface area (TPSA) is 87.3 Å². The van der Waals surface area contributed by atoms with Crippen LogP contribution in [0.2, 0.25) is 0 Å². The van der Waals surface area contributed by atoms with E-state index in [1.165, 1.54) is 0 Å². The predicted octanol–water partition coefficient (Wildman–Crippen LogP) is 1.58. The molecule has 0 N–H and O–H groups in total. The SMILES string of the molecule is CCCCOC(=O)n1cc([N+](=O)[O-])cn1. The van der Waals surface area contributed by atoms with Gasteiger partial charge in [-0.15, -0.1) is 0 Å². The number of carbonyl (C=O) groups is 1. The molecule has 0 bridgehead atoms. The minimum atomic E-state index is -0.698. The molecule has 7 heteroatoms. The summed E-state index contributed by atoms with van der Waals surface area (Å²) in [5.74, 6) is 0. The van der Waals surface area contributed by atoms with Crippen molar-refractivity contribution < 1.29 is 14.5 Å². The third kappa shape index (κ3) is 3.04. The molecule has 0 spiro atoms. The summed E-state index contributed by atoms with van der Waals surface area (Å²) in [7, 11) is 0. The Bertz CT molecular complexity index is 361. The van der Waals surface area contributed by atoms with Crippen LogP contribution < -0.4 is 0 Å². The number of aromatic nitrogens is 2. The zero-order chi connectivity index (χ0) is 11.3. The zero-order valence-corrected chi connectivity index (χ0v) is 8.25. The highest BCUT2D eigenvalue weighted by Gasteiger charge is 2.13. The van der Waals surface area contributed by atoms with E-state index in [0.29, 0.717) is 6.61 Å². The minimum absolute atomic E-state index is 0.234. The molecule has 0 aliphatic heterocycles. The summed E-state index contributed by atoms with van der Waals surface area (Å²) in [6.45, 7) is 2.26. The molecule has 1 heterocycles. The summed E-state index contributed by atoms with van der Waals surface area (Å²) in [6, 6.07) is 0. The standard InChI is InChI=1S/C8H11N3O4/c1-2-3-4-15-8(12)10-6-7(5-9-10)11(13)14/h5-6H,2-4H2,1H3. The average molecular weight is 213 g/mol. The Balaban J connectivity index is 2.54. The normalized spacial score (nSPS) is 9.93. The Kier molecular flexibility index (Phi) is 3.78. The molecule has 1 aromatic rings. The van der Waals surface area contributed by atoms with E-state index in [1.54, 1.807) is 0 Å². The van der Waals surface area contributed by atoms with Crippen molar-refractivity contribution in [2.75, 3.05) is 6.61 Å². The van der Waals surface area contributed by atoms with Crippen molar-refractivity contribution in [1.29, 1.82) is 0 Å². The molecule has 0 atom stereocenters. The number of ether oxygens (including phenoxy) is 1. The van der Waals surface area contributed by atoms with Gasteiger partial charge in [0.25, 0.3) is 0 Å². The fourth-order valence-electron chi connectivity index (χ4n) is 0.877. The largest absolute Gasteiger partial charge is 0.448 e. The molecule has 0 fully saturated rings.